The molecule has 1 fully saturated rings. The second-order valence-electron chi connectivity index (χ2n) is 8.99. The molecule has 170 valence electrons. The number of hydrogen-bond acceptors (Lipinski definition) is 4. The first-order valence-corrected chi connectivity index (χ1v) is 11.7. The zero-order valence-corrected chi connectivity index (χ0v) is 19.6. The monoisotopic (exact) mass is 427 g/mol. The van der Waals surface area contributed by atoms with E-state index in [0.29, 0.717) is 31.2 Å². The van der Waals surface area contributed by atoms with Crippen LogP contribution in [0.5, 0.6) is 0 Å². The second kappa shape index (κ2) is 10.3. The van der Waals surface area contributed by atoms with E-state index in [-0.39, 0.29) is 12.0 Å². The smallest absolute Gasteiger partial charge is 0.338 e. The van der Waals surface area contributed by atoms with Gasteiger partial charge in [-0.1, -0.05) is 45.0 Å². The van der Waals surface area contributed by atoms with Crippen molar-refractivity contribution in [3.8, 4) is 0 Å². The first-order valence-electron chi connectivity index (χ1n) is 11.7. The Kier molecular flexibility index (Phi) is 7.76. The molecule has 0 aliphatic carbocycles. The Morgan fingerprint density at radius 2 is 1.81 bits per heavy atom. The Hall–Kier alpha value is -2.34. The molecule has 1 atom stereocenters. The average molecular weight is 428 g/mol. The van der Waals surface area contributed by atoms with E-state index in [1.807, 2.05) is 26.0 Å². The molecule has 0 aromatic heterocycles. The van der Waals surface area contributed by atoms with Crippen molar-refractivity contribution in [3.63, 3.8) is 0 Å². The number of esters is 1. The van der Waals surface area contributed by atoms with Gasteiger partial charge in [-0.25, -0.2) is 9.59 Å². The largest absolute Gasteiger partial charge is 0.463 e. The predicted molar refractivity (Wildman–Crippen MR) is 123 cm³/mol. The summed E-state index contributed by atoms with van der Waals surface area (Å²) in [6.07, 6.45) is 2.28. The fourth-order valence-corrected chi connectivity index (χ4v) is 4.41. The van der Waals surface area contributed by atoms with Crippen LogP contribution in [-0.4, -0.2) is 54.6 Å². The lowest BCUT2D eigenvalue weighted by molar-refractivity contribution is -0.139. The number of rotatable bonds is 7. The Morgan fingerprint density at radius 3 is 2.35 bits per heavy atom. The van der Waals surface area contributed by atoms with Gasteiger partial charge in [0.25, 0.3) is 0 Å². The van der Waals surface area contributed by atoms with Crippen LogP contribution in [0.3, 0.4) is 0 Å². The van der Waals surface area contributed by atoms with Crippen LogP contribution in [0.1, 0.15) is 70.5 Å². The molecule has 3 rings (SSSR count). The molecule has 1 aromatic rings. The van der Waals surface area contributed by atoms with Gasteiger partial charge in [0.05, 0.1) is 18.2 Å². The van der Waals surface area contributed by atoms with Crippen LogP contribution in [0.2, 0.25) is 0 Å². The molecule has 0 saturated carbocycles. The standard InChI is InChI=1S/C25H37N3O3/c1-6-28-21(16-27-14-12-18(5)13-15-27)22(24(29)31-7-2)23(26-25(28)30)20-10-8-19(9-11-20)17(3)4/h8-11,17-18,23H,6-7,12-16H2,1-5H3,(H,26,30). The predicted octanol–water partition coefficient (Wildman–Crippen LogP) is 4.45. The van der Waals surface area contributed by atoms with Gasteiger partial charge in [0.15, 0.2) is 0 Å². The highest BCUT2D eigenvalue weighted by atomic mass is 16.5. The van der Waals surface area contributed by atoms with E-state index in [0.717, 1.165) is 43.1 Å². The third-order valence-corrected chi connectivity index (χ3v) is 6.44. The summed E-state index contributed by atoms with van der Waals surface area (Å²) in [6.45, 7) is 13.7. The molecule has 6 heteroatoms. The van der Waals surface area contributed by atoms with Crippen LogP contribution < -0.4 is 5.32 Å². The minimum absolute atomic E-state index is 0.158. The minimum Gasteiger partial charge on any atom is -0.463 e. The number of nitrogens with one attached hydrogen (secondary N) is 1. The van der Waals surface area contributed by atoms with Crippen molar-refractivity contribution >= 4 is 12.0 Å². The molecule has 0 radical (unpaired) electrons. The first-order chi connectivity index (χ1) is 14.8. The average Bonchev–Trinajstić information content (AvgIpc) is 2.75. The summed E-state index contributed by atoms with van der Waals surface area (Å²) in [5.74, 6) is 0.792. The summed E-state index contributed by atoms with van der Waals surface area (Å²) in [4.78, 5) is 30.2. The highest BCUT2D eigenvalue weighted by molar-refractivity contribution is 5.95. The third-order valence-electron chi connectivity index (χ3n) is 6.44. The minimum atomic E-state index is -0.505. The Morgan fingerprint density at radius 1 is 1.16 bits per heavy atom. The molecular weight excluding hydrogens is 390 g/mol. The lowest BCUT2D eigenvalue weighted by atomic mass is 9.91. The van der Waals surface area contributed by atoms with Crippen molar-refractivity contribution in [2.75, 3.05) is 32.8 Å². The number of piperidine rings is 1. The third kappa shape index (κ3) is 5.29. The maximum atomic E-state index is 13.2. The van der Waals surface area contributed by atoms with Gasteiger partial charge in [-0.2, -0.15) is 0 Å². The highest BCUT2D eigenvalue weighted by Gasteiger charge is 2.38. The van der Waals surface area contributed by atoms with Crippen molar-refractivity contribution in [1.82, 2.24) is 15.1 Å². The van der Waals surface area contributed by atoms with Crippen LogP contribution in [0.4, 0.5) is 4.79 Å². The summed E-state index contributed by atoms with van der Waals surface area (Å²) in [7, 11) is 0. The number of nitrogens with zero attached hydrogens (tertiary/aromatic N) is 2. The number of carbonyl (C=O) groups excluding carboxylic acids is 2. The molecule has 6 nitrogen and oxygen atoms in total. The topological polar surface area (TPSA) is 61.9 Å². The van der Waals surface area contributed by atoms with Gasteiger partial charge in [-0.15, -0.1) is 0 Å². The summed E-state index contributed by atoms with van der Waals surface area (Å²) in [5, 5.41) is 3.06. The highest BCUT2D eigenvalue weighted by Crippen LogP contribution is 2.33. The van der Waals surface area contributed by atoms with Crippen molar-refractivity contribution in [3.05, 3.63) is 46.7 Å². The zero-order chi connectivity index (χ0) is 22.5. The van der Waals surface area contributed by atoms with E-state index in [1.165, 1.54) is 5.56 Å². The SMILES string of the molecule is CCOC(=O)C1=C(CN2CCC(C)CC2)N(CC)C(=O)NC1c1ccc(C(C)C)cc1. The summed E-state index contributed by atoms with van der Waals surface area (Å²) in [5.41, 5.74) is 3.46. The first kappa shape index (κ1) is 23.3. The molecule has 0 bridgehead atoms. The number of benzene rings is 1. The van der Waals surface area contributed by atoms with Crippen molar-refractivity contribution < 1.29 is 14.3 Å². The van der Waals surface area contributed by atoms with Gasteiger partial charge in [0.1, 0.15) is 0 Å². The van der Waals surface area contributed by atoms with Crippen molar-refractivity contribution in [1.29, 1.82) is 0 Å². The van der Waals surface area contributed by atoms with Crippen LogP contribution in [-0.2, 0) is 9.53 Å². The Balaban J connectivity index is 2.03. The molecule has 2 heterocycles. The fraction of sp³-hybridized carbons (Fsp3) is 0.600. The van der Waals surface area contributed by atoms with E-state index in [4.69, 9.17) is 4.74 Å². The van der Waals surface area contributed by atoms with Gasteiger partial charge in [0, 0.05) is 18.8 Å². The van der Waals surface area contributed by atoms with Gasteiger partial charge in [0.2, 0.25) is 0 Å². The molecule has 31 heavy (non-hydrogen) atoms. The quantitative estimate of drug-likeness (QED) is 0.653. The van der Waals surface area contributed by atoms with Gasteiger partial charge >= 0.3 is 12.0 Å². The molecule has 0 spiro atoms. The molecule has 1 unspecified atom stereocenters. The summed E-state index contributed by atoms with van der Waals surface area (Å²) >= 11 is 0. The lowest BCUT2D eigenvalue weighted by Crippen LogP contribution is -2.51. The van der Waals surface area contributed by atoms with E-state index < -0.39 is 6.04 Å². The van der Waals surface area contributed by atoms with Crippen LogP contribution in [0.15, 0.2) is 35.5 Å². The van der Waals surface area contributed by atoms with Crippen LogP contribution in [0.25, 0.3) is 0 Å². The number of urea groups is 1. The van der Waals surface area contributed by atoms with E-state index in [1.54, 1.807) is 4.90 Å². The molecule has 2 aliphatic heterocycles. The molecular formula is C25H37N3O3. The summed E-state index contributed by atoms with van der Waals surface area (Å²) in [6, 6.07) is 7.52. The lowest BCUT2D eigenvalue weighted by Gasteiger charge is -2.39. The Labute approximate surface area is 186 Å². The van der Waals surface area contributed by atoms with E-state index in [9.17, 15) is 9.59 Å². The molecule has 1 aromatic carbocycles. The normalized spacial score (nSPS) is 20.9. The number of likely N-dealkylation sites (tertiary alicyclic amines) is 1. The van der Waals surface area contributed by atoms with Gasteiger partial charge in [-0.05, 0) is 62.7 Å². The number of hydrogen-bond donors (Lipinski definition) is 1. The molecule has 2 amide bonds. The van der Waals surface area contributed by atoms with Crippen molar-refractivity contribution in [2.24, 2.45) is 5.92 Å². The number of amides is 2. The van der Waals surface area contributed by atoms with Gasteiger partial charge < -0.3 is 10.1 Å². The Bertz CT molecular complexity index is 808. The maximum absolute atomic E-state index is 13.2. The van der Waals surface area contributed by atoms with Gasteiger partial charge in [-0.3, -0.25) is 9.80 Å². The molecule has 1 saturated heterocycles. The molecule has 2 aliphatic rings. The number of likely N-dealkylation sites (N-methyl/N-ethyl adjacent to an activating group) is 1. The maximum Gasteiger partial charge on any atom is 0.338 e. The van der Waals surface area contributed by atoms with Crippen molar-refractivity contribution in [2.45, 2.75) is 59.4 Å². The summed E-state index contributed by atoms with van der Waals surface area (Å²) < 4.78 is 5.47. The van der Waals surface area contributed by atoms with Crippen LogP contribution >= 0.6 is 0 Å². The van der Waals surface area contributed by atoms with E-state index in [2.05, 4.69) is 43.1 Å². The number of ether oxygens (including phenoxy) is 1. The zero-order valence-electron chi connectivity index (χ0n) is 19.6. The molecule has 1 N–H and O–H groups in total. The van der Waals surface area contributed by atoms with E-state index >= 15 is 0 Å². The van der Waals surface area contributed by atoms with Crippen LogP contribution in [0, 0.1) is 5.92 Å². The fourth-order valence-electron chi connectivity index (χ4n) is 4.41. The number of carbonyl (C=O) groups is 2. The second-order valence-corrected chi connectivity index (χ2v) is 8.99.